The lowest BCUT2D eigenvalue weighted by Crippen LogP contribution is -2.49. The van der Waals surface area contributed by atoms with Gasteiger partial charge in [-0.25, -0.2) is 4.79 Å². The van der Waals surface area contributed by atoms with Crippen molar-refractivity contribution in [3.8, 4) is 11.1 Å². The third-order valence-corrected chi connectivity index (χ3v) is 5.65. The Labute approximate surface area is 194 Å². The number of allylic oxidation sites excluding steroid dienone is 1. The van der Waals surface area contributed by atoms with E-state index in [-0.39, 0.29) is 23.9 Å². The molecule has 3 aromatic rings. The molecule has 2 atom stereocenters. The van der Waals surface area contributed by atoms with Gasteiger partial charge in [0.15, 0.2) is 0 Å². The number of hydrogen-bond acceptors (Lipinski definition) is 5. The van der Waals surface area contributed by atoms with Crippen molar-refractivity contribution in [2.24, 2.45) is 0 Å². The molecule has 1 aliphatic rings. The molecule has 0 saturated heterocycles. The lowest BCUT2D eigenvalue weighted by atomic mass is 9.94. The summed E-state index contributed by atoms with van der Waals surface area (Å²) in [5, 5.41) is 17.5. The molecule has 0 saturated carbocycles. The minimum atomic E-state index is -0.373. The van der Waals surface area contributed by atoms with Crippen LogP contribution in [0.4, 0.5) is 0 Å². The highest BCUT2D eigenvalue weighted by atomic mass is 16.5. The number of aliphatic hydroxyl groups is 1. The first-order chi connectivity index (χ1) is 16.1. The smallest absolute Gasteiger partial charge is 0.337 e. The van der Waals surface area contributed by atoms with Gasteiger partial charge in [-0.2, -0.15) is 0 Å². The van der Waals surface area contributed by atoms with E-state index in [0.29, 0.717) is 17.7 Å². The third-order valence-electron chi connectivity index (χ3n) is 5.65. The van der Waals surface area contributed by atoms with Crippen LogP contribution in [0.2, 0.25) is 0 Å². The van der Waals surface area contributed by atoms with Gasteiger partial charge < -0.3 is 15.2 Å². The second kappa shape index (κ2) is 10.2. The van der Waals surface area contributed by atoms with E-state index in [9.17, 15) is 9.90 Å². The van der Waals surface area contributed by atoms with Gasteiger partial charge >= 0.3 is 5.97 Å². The van der Waals surface area contributed by atoms with Crippen LogP contribution >= 0.6 is 0 Å². The fourth-order valence-corrected chi connectivity index (χ4v) is 4.03. The molecule has 0 radical (unpaired) electrons. The largest absolute Gasteiger partial charge is 0.508 e. The van der Waals surface area contributed by atoms with E-state index in [0.717, 1.165) is 22.4 Å². The van der Waals surface area contributed by atoms with E-state index in [2.05, 4.69) is 22.8 Å². The number of nitrogens with one attached hydrogen (secondary N) is 2. The molecule has 1 heterocycles. The maximum absolute atomic E-state index is 12.7. The molecule has 2 unspecified atom stereocenters. The Morgan fingerprint density at radius 1 is 0.939 bits per heavy atom. The summed E-state index contributed by atoms with van der Waals surface area (Å²) in [6.07, 6.45) is 1.35. The van der Waals surface area contributed by atoms with Crippen LogP contribution in [0, 0.1) is 0 Å². The molecule has 3 N–H and O–H groups in total. The normalized spacial score (nSPS) is 18.5. The molecule has 168 valence electrons. The number of hydrogen-bond donors (Lipinski definition) is 3. The van der Waals surface area contributed by atoms with Crippen molar-refractivity contribution in [2.45, 2.75) is 26.1 Å². The zero-order chi connectivity index (χ0) is 23.2. The van der Waals surface area contributed by atoms with Crippen LogP contribution in [0.5, 0.6) is 0 Å². The Kier molecular flexibility index (Phi) is 6.91. The lowest BCUT2D eigenvalue weighted by Gasteiger charge is -2.34. The van der Waals surface area contributed by atoms with E-state index >= 15 is 0 Å². The van der Waals surface area contributed by atoms with Gasteiger partial charge in [-0.3, -0.25) is 5.32 Å². The summed E-state index contributed by atoms with van der Waals surface area (Å²) in [4.78, 5) is 12.7. The van der Waals surface area contributed by atoms with Crippen LogP contribution in [0.1, 0.15) is 31.0 Å². The van der Waals surface area contributed by atoms with Crippen LogP contribution in [-0.4, -0.2) is 23.8 Å². The molecule has 4 rings (SSSR count). The van der Waals surface area contributed by atoms with Crippen molar-refractivity contribution in [2.75, 3.05) is 6.61 Å². The second-order valence-electron chi connectivity index (χ2n) is 7.89. The van der Waals surface area contributed by atoms with Crippen LogP contribution in [0.15, 0.2) is 102 Å². The molecular formula is C28H28N2O3. The number of aliphatic hydroxyl groups excluding tert-OH is 1. The summed E-state index contributed by atoms with van der Waals surface area (Å²) in [6, 6.07) is 27.3. The highest BCUT2D eigenvalue weighted by molar-refractivity contribution is 5.91. The predicted molar refractivity (Wildman–Crippen MR) is 131 cm³/mol. The fraction of sp³-hybridized carbons (Fsp3) is 0.179. The number of esters is 1. The number of ether oxygens (including phenoxy) is 1. The fourth-order valence-electron chi connectivity index (χ4n) is 4.03. The molecule has 0 bridgehead atoms. The highest BCUT2D eigenvalue weighted by Crippen LogP contribution is 2.29. The maximum atomic E-state index is 12.7. The molecule has 0 spiro atoms. The summed E-state index contributed by atoms with van der Waals surface area (Å²) in [7, 11) is 0. The summed E-state index contributed by atoms with van der Waals surface area (Å²) in [6.45, 7) is 3.96. The molecule has 0 fully saturated rings. The minimum absolute atomic E-state index is 0.152. The molecule has 5 heteroatoms. The third kappa shape index (κ3) is 5.16. The monoisotopic (exact) mass is 440 g/mol. The van der Waals surface area contributed by atoms with Crippen molar-refractivity contribution in [3.05, 3.63) is 113 Å². The Hall–Kier alpha value is -3.83. The SMILES string of the molecule is CCOC(=O)C1=C(C)NC(/C=C(\O)c2ccc(-c3ccccc3)cc2)NC1c1ccccc1. The van der Waals surface area contributed by atoms with Crippen molar-refractivity contribution in [1.29, 1.82) is 0 Å². The predicted octanol–water partition coefficient (Wildman–Crippen LogP) is 5.35. The van der Waals surface area contributed by atoms with Crippen molar-refractivity contribution >= 4 is 11.7 Å². The van der Waals surface area contributed by atoms with Gasteiger partial charge in [-0.15, -0.1) is 0 Å². The zero-order valence-corrected chi connectivity index (χ0v) is 18.8. The van der Waals surface area contributed by atoms with E-state index in [4.69, 9.17) is 4.74 Å². The molecule has 1 aliphatic heterocycles. The van der Waals surface area contributed by atoms with Gasteiger partial charge in [-0.05, 0) is 36.6 Å². The van der Waals surface area contributed by atoms with Gasteiger partial charge in [0, 0.05) is 11.3 Å². The van der Waals surface area contributed by atoms with Gasteiger partial charge in [0.1, 0.15) is 11.9 Å². The Morgan fingerprint density at radius 3 is 2.18 bits per heavy atom. The first-order valence-corrected chi connectivity index (χ1v) is 11.1. The number of rotatable bonds is 6. The van der Waals surface area contributed by atoms with Crippen LogP contribution in [0.25, 0.3) is 16.9 Å². The van der Waals surface area contributed by atoms with Crippen LogP contribution in [0.3, 0.4) is 0 Å². The van der Waals surface area contributed by atoms with Crippen LogP contribution < -0.4 is 10.6 Å². The number of benzene rings is 3. The Bertz CT molecular complexity index is 1150. The summed E-state index contributed by atoms with van der Waals surface area (Å²) < 4.78 is 5.30. The van der Waals surface area contributed by atoms with Gasteiger partial charge in [0.2, 0.25) is 0 Å². The van der Waals surface area contributed by atoms with Crippen LogP contribution in [-0.2, 0) is 9.53 Å². The van der Waals surface area contributed by atoms with E-state index in [1.807, 2.05) is 79.7 Å². The summed E-state index contributed by atoms with van der Waals surface area (Å²) in [5.41, 5.74) is 5.14. The molecule has 5 nitrogen and oxygen atoms in total. The maximum Gasteiger partial charge on any atom is 0.337 e. The minimum Gasteiger partial charge on any atom is -0.508 e. The molecule has 0 aromatic heterocycles. The topological polar surface area (TPSA) is 70.6 Å². The molecule has 0 amide bonds. The average molecular weight is 441 g/mol. The van der Waals surface area contributed by atoms with E-state index < -0.39 is 0 Å². The highest BCUT2D eigenvalue weighted by Gasteiger charge is 2.32. The zero-order valence-electron chi connectivity index (χ0n) is 18.8. The van der Waals surface area contributed by atoms with Crippen molar-refractivity contribution < 1.29 is 14.6 Å². The van der Waals surface area contributed by atoms with E-state index in [1.165, 1.54) is 0 Å². The molecule has 0 aliphatic carbocycles. The Morgan fingerprint density at radius 2 is 1.55 bits per heavy atom. The van der Waals surface area contributed by atoms with Gasteiger partial charge in [0.05, 0.1) is 18.2 Å². The molecular weight excluding hydrogens is 412 g/mol. The van der Waals surface area contributed by atoms with Gasteiger partial charge in [-0.1, -0.05) is 84.9 Å². The van der Waals surface area contributed by atoms with E-state index in [1.54, 1.807) is 13.0 Å². The average Bonchev–Trinajstić information content (AvgIpc) is 2.85. The Balaban J connectivity index is 1.59. The van der Waals surface area contributed by atoms with Crippen molar-refractivity contribution in [1.82, 2.24) is 10.6 Å². The standard InChI is InChI=1S/C28H28N2O3/c1-3-33-28(32)26-19(2)29-25(30-27(26)23-12-8-5-9-13-23)18-24(31)22-16-14-21(15-17-22)20-10-6-4-7-11-20/h4-18,25,27,29-31H,3H2,1-2H3/b24-18-. The molecule has 3 aromatic carbocycles. The van der Waals surface area contributed by atoms with Crippen molar-refractivity contribution in [3.63, 3.8) is 0 Å². The summed E-state index contributed by atoms with van der Waals surface area (Å²) in [5.74, 6) is -0.203. The number of carbonyl (C=O) groups excluding carboxylic acids is 1. The summed E-state index contributed by atoms with van der Waals surface area (Å²) >= 11 is 0. The quantitative estimate of drug-likeness (QED) is 0.356. The second-order valence-corrected chi connectivity index (χ2v) is 7.89. The first-order valence-electron chi connectivity index (χ1n) is 11.1. The number of carbonyl (C=O) groups is 1. The van der Waals surface area contributed by atoms with Gasteiger partial charge in [0.25, 0.3) is 0 Å². The first kappa shape index (κ1) is 22.4. The molecule has 33 heavy (non-hydrogen) atoms. The lowest BCUT2D eigenvalue weighted by molar-refractivity contribution is -0.139.